The van der Waals surface area contributed by atoms with E-state index in [1.807, 2.05) is 0 Å². The molecule has 0 aliphatic heterocycles. The smallest absolute Gasteiger partial charge is 0.159 e. The van der Waals surface area contributed by atoms with E-state index in [2.05, 4.69) is 0 Å². The van der Waals surface area contributed by atoms with Crippen molar-refractivity contribution in [2.24, 2.45) is 0 Å². The van der Waals surface area contributed by atoms with Crippen LogP contribution < -0.4 is 0 Å². The maximum atomic E-state index is 13.6. The van der Waals surface area contributed by atoms with Gasteiger partial charge >= 0.3 is 0 Å². The van der Waals surface area contributed by atoms with Gasteiger partial charge in [0.15, 0.2) is 5.78 Å². The number of carbonyl (C=O) groups excluding carboxylic acids is 1. The first-order valence-electron chi connectivity index (χ1n) is 4.94. The highest BCUT2D eigenvalue weighted by atomic mass is 35.5. The number of halogens is 2. The summed E-state index contributed by atoms with van der Waals surface area (Å²) >= 11 is 5.91. The fourth-order valence-electron chi connectivity index (χ4n) is 1.98. The second kappa shape index (κ2) is 4.26. The molecule has 0 fully saturated rings. The fourth-order valence-corrected chi connectivity index (χ4v) is 2.29. The minimum atomic E-state index is -0.431. The van der Waals surface area contributed by atoms with Crippen LogP contribution in [0.2, 0.25) is 5.02 Å². The number of carbonyl (C=O) groups is 1. The van der Waals surface area contributed by atoms with Gasteiger partial charge in [-0.05, 0) is 12.1 Å². The van der Waals surface area contributed by atoms with E-state index in [4.69, 9.17) is 11.6 Å². The van der Waals surface area contributed by atoms with E-state index in [1.54, 1.807) is 6.07 Å². The molecule has 0 radical (unpaired) electrons. The Kier molecular flexibility index (Phi) is 2.97. The molecule has 0 heterocycles. The quantitative estimate of drug-likeness (QED) is 0.817. The first-order valence-corrected chi connectivity index (χ1v) is 5.32. The van der Waals surface area contributed by atoms with E-state index in [-0.39, 0.29) is 30.3 Å². The Morgan fingerprint density at radius 3 is 2.75 bits per heavy atom. The molecule has 0 saturated heterocycles. The van der Waals surface area contributed by atoms with Gasteiger partial charge in [0.2, 0.25) is 0 Å². The number of hydrogen-bond acceptors (Lipinski definition) is 2. The number of aliphatic hydroxyl groups excluding tert-OH is 1. The molecule has 0 amide bonds. The highest BCUT2D eigenvalue weighted by Crippen LogP contribution is 2.36. The molecule has 0 spiro atoms. The maximum Gasteiger partial charge on any atom is 0.159 e. The van der Waals surface area contributed by atoms with Gasteiger partial charge in [-0.2, -0.15) is 0 Å². The van der Waals surface area contributed by atoms with E-state index in [1.165, 1.54) is 18.2 Å². The van der Waals surface area contributed by atoms with Crippen molar-refractivity contribution < 1.29 is 14.3 Å². The number of allylic oxidation sites excluding steroid dienone is 2. The number of ketones is 1. The zero-order chi connectivity index (χ0) is 11.7. The van der Waals surface area contributed by atoms with Crippen LogP contribution in [0.25, 0.3) is 0 Å². The summed E-state index contributed by atoms with van der Waals surface area (Å²) in [6, 6.07) is 4.41. The predicted octanol–water partition coefficient (Wildman–Crippen LogP) is 3.37. The molecule has 0 bridgehead atoms. The summed E-state index contributed by atoms with van der Waals surface area (Å²) in [6.07, 6.45) is 1.63. The third-order valence-corrected chi connectivity index (χ3v) is 2.97. The van der Waals surface area contributed by atoms with Gasteiger partial charge in [-0.25, -0.2) is 4.39 Å². The lowest BCUT2D eigenvalue weighted by molar-refractivity contribution is -0.115. The van der Waals surface area contributed by atoms with Crippen LogP contribution >= 0.6 is 11.6 Å². The van der Waals surface area contributed by atoms with Crippen molar-refractivity contribution in [3.63, 3.8) is 0 Å². The fraction of sp³-hybridized carbons (Fsp3) is 0.250. The second-order valence-corrected chi connectivity index (χ2v) is 4.25. The van der Waals surface area contributed by atoms with E-state index < -0.39 is 5.82 Å². The van der Waals surface area contributed by atoms with Crippen LogP contribution in [0.4, 0.5) is 4.39 Å². The number of rotatable bonds is 1. The lowest BCUT2D eigenvalue weighted by Gasteiger charge is -2.20. The van der Waals surface area contributed by atoms with Gasteiger partial charge in [0.05, 0.1) is 5.76 Å². The van der Waals surface area contributed by atoms with Crippen LogP contribution in [0, 0.1) is 5.82 Å². The molecule has 16 heavy (non-hydrogen) atoms. The Balaban J connectivity index is 2.39. The summed E-state index contributed by atoms with van der Waals surface area (Å²) in [4.78, 5) is 11.3. The zero-order valence-electron chi connectivity index (χ0n) is 8.41. The summed E-state index contributed by atoms with van der Waals surface area (Å²) in [5, 5.41) is 9.67. The van der Waals surface area contributed by atoms with Crippen LogP contribution in [0.15, 0.2) is 30.0 Å². The van der Waals surface area contributed by atoms with Crippen LogP contribution in [-0.2, 0) is 4.79 Å². The molecule has 1 aromatic carbocycles. The van der Waals surface area contributed by atoms with Gasteiger partial charge in [-0.1, -0.05) is 17.7 Å². The molecule has 0 saturated carbocycles. The average Bonchev–Trinajstić information content (AvgIpc) is 2.15. The standard InChI is InChI=1S/C12H10ClFO2/c13-10-2-1-3-11(14)12(10)7-4-8(15)6-9(16)5-7/h1-3,6-7,15H,4-5H2/t7-/m0/s1. The highest BCUT2D eigenvalue weighted by molar-refractivity contribution is 6.31. The van der Waals surface area contributed by atoms with E-state index >= 15 is 0 Å². The van der Waals surface area contributed by atoms with Crippen molar-refractivity contribution in [2.75, 3.05) is 0 Å². The minimum Gasteiger partial charge on any atom is -0.512 e. The van der Waals surface area contributed by atoms with Crippen LogP contribution in [0.1, 0.15) is 24.3 Å². The molecule has 1 N–H and O–H groups in total. The zero-order valence-corrected chi connectivity index (χ0v) is 9.17. The maximum absolute atomic E-state index is 13.6. The van der Waals surface area contributed by atoms with Crippen LogP contribution in [0.5, 0.6) is 0 Å². The third kappa shape index (κ3) is 2.09. The first-order chi connectivity index (χ1) is 7.58. The molecule has 0 unspecified atom stereocenters. The first kappa shape index (κ1) is 11.1. The van der Waals surface area contributed by atoms with Gasteiger partial charge < -0.3 is 5.11 Å². The number of hydrogen-bond donors (Lipinski definition) is 1. The normalized spacial score (nSPS) is 20.8. The van der Waals surface area contributed by atoms with E-state index in [9.17, 15) is 14.3 Å². The molecule has 1 aliphatic rings. The molecule has 4 heteroatoms. The van der Waals surface area contributed by atoms with Crippen molar-refractivity contribution >= 4 is 17.4 Å². The molecule has 2 rings (SSSR count). The summed E-state index contributed by atoms with van der Waals surface area (Å²) in [7, 11) is 0. The van der Waals surface area contributed by atoms with Crippen molar-refractivity contribution in [1.82, 2.24) is 0 Å². The largest absolute Gasteiger partial charge is 0.512 e. The molecule has 0 aromatic heterocycles. The Morgan fingerprint density at radius 2 is 2.12 bits per heavy atom. The molecular formula is C12H10ClFO2. The summed E-state index contributed by atoms with van der Waals surface area (Å²) in [6.45, 7) is 0. The molecule has 2 nitrogen and oxygen atoms in total. The summed E-state index contributed by atoms with van der Waals surface area (Å²) in [5.74, 6) is -1.01. The highest BCUT2D eigenvalue weighted by Gasteiger charge is 2.26. The Morgan fingerprint density at radius 1 is 1.38 bits per heavy atom. The number of benzene rings is 1. The van der Waals surface area contributed by atoms with Crippen molar-refractivity contribution in [1.29, 1.82) is 0 Å². The van der Waals surface area contributed by atoms with Crippen molar-refractivity contribution in [3.05, 3.63) is 46.4 Å². The minimum absolute atomic E-state index is 0.0134. The molecule has 1 aliphatic carbocycles. The monoisotopic (exact) mass is 240 g/mol. The predicted molar refractivity (Wildman–Crippen MR) is 59.1 cm³/mol. The third-order valence-electron chi connectivity index (χ3n) is 2.64. The lowest BCUT2D eigenvalue weighted by Crippen LogP contribution is -2.14. The van der Waals surface area contributed by atoms with Crippen LogP contribution in [0.3, 0.4) is 0 Å². The Labute approximate surface area is 97.4 Å². The number of aliphatic hydroxyl groups is 1. The summed E-state index contributed by atoms with van der Waals surface area (Å²) in [5.41, 5.74) is 0.317. The molecule has 1 aromatic rings. The second-order valence-electron chi connectivity index (χ2n) is 3.84. The van der Waals surface area contributed by atoms with Crippen molar-refractivity contribution in [3.8, 4) is 0 Å². The van der Waals surface area contributed by atoms with Gasteiger partial charge in [0.1, 0.15) is 5.82 Å². The lowest BCUT2D eigenvalue weighted by atomic mass is 9.86. The molecule has 1 atom stereocenters. The van der Waals surface area contributed by atoms with E-state index in [0.29, 0.717) is 10.6 Å². The van der Waals surface area contributed by atoms with Gasteiger partial charge in [-0.3, -0.25) is 4.79 Å². The summed E-state index contributed by atoms with van der Waals surface area (Å²) < 4.78 is 13.6. The average molecular weight is 241 g/mol. The van der Waals surface area contributed by atoms with E-state index in [0.717, 1.165) is 0 Å². The Bertz CT molecular complexity index is 448. The topological polar surface area (TPSA) is 37.3 Å². The van der Waals surface area contributed by atoms with Gasteiger partial charge in [-0.15, -0.1) is 0 Å². The van der Waals surface area contributed by atoms with Gasteiger partial charge in [0, 0.05) is 35.4 Å². The molecular weight excluding hydrogens is 231 g/mol. The SMILES string of the molecule is O=C1C=C(O)C[C@H](c2c(F)cccc2Cl)C1. The molecule has 84 valence electrons. The van der Waals surface area contributed by atoms with Gasteiger partial charge in [0.25, 0.3) is 0 Å². The van der Waals surface area contributed by atoms with Crippen molar-refractivity contribution in [2.45, 2.75) is 18.8 Å². The Hall–Kier alpha value is -1.35. The van der Waals surface area contributed by atoms with Crippen LogP contribution in [-0.4, -0.2) is 10.9 Å².